The molecular formula is C51H66O6. The summed E-state index contributed by atoms with van der Waals surface area (Å²) in [6.07, 6.45) is 24.3. The van der Waals surface area contributed by atoms with E-state index in [0.717, 1.165) is 59.8 Å². The third kappa shape index (κ3) is 16.4. The lowest BCUT2D eigenvalue weighted by atomic mass is 10.0. The van der Waals surface area contributed by atoms with Crippen molar-refractivity contribution in [2.24, 2.45) is 5.92 Å². The predicted octanol–water partition coefficient (Wildman–Crippen LogP) is 13.9. The second-order valence-corrected chi connectivity index (χ2v) is 15.9. The van der Waals surface area contributed by atoms with E-state index in [1.165, 1.54) is 103 Å². The van der Waals surface area contributed by atoms with Gasteiger partial charge in [-0.3, -0.25) is 0 Å². The van der Waals surface area contributed by atoms with Crippen molar-refractivity contribution in [3.05, 3.63) is 108 Å². The van der Waals surface area contributed by atoms with Crippen molar-refractivity contribution < 1.29 is 28.5 Å². The normalized spacial score (nSPS) is 18.9. The van der Waals surface area contributed by atoms with E-state index in [1.807, 2.05) is 55.5 Å². The molecule has 4 aromatic carbocycles. The first-order chi connectivity index (χ1) is 28.0. The summed E-state index contributed by atoms with van der Waals surface area (Å²) in [5.74, 6) is 1.09. The molecule has 0 N–H and O–H groups in total. The number of carbonyl (C=O) groups excluding carboxylic acids is 2. The fourth-order valence-electron chi connectivity index (χ4n) is 7.32. The molecule has 5 aliphatic rings. The van der Waals surface area contributed by atoms with Crippen LogP contribution in [0.3, 0.4) is 0 Å². The van der Waals surface area contributed by atoms with Gasteiger partial charge in [0.05, 0.1) is 37.6 Å². The van der Waals surface area contributed by atoms with Crippen LogP contribution in [0.25, 0.3) is 22.3 Å². The lowest BCUT2D eigenvalue weighted by Crippen LogP contribution is -2.15. The molecule has 1 atom stereocenters. The first kappa shape index (κ1) is 43.5. The molecule has 6 nitrogen and oxygen atoms in total. The van der Waals surface area contributed by atoms with Gasteiger partial charge in [-0.05, 0) is 96.0 Å². The minimum absolute atomic E-state index is 0.0360. The molecule has 6 heteroatoms. The summed E-state index contributed by atoms with van der Waals surface area (Å²) in [5, 5.41) is 0. The molecule has 0 saturated heterocycles. The van der Waals surface area contributed by atoms with E-state index in [0.29, 0.717) is 17.5 Å². The van der Waals surface area contributed by atoms with Crippen LogP contribution in [-0.2, 0) is 9.47 Å². The SMILES string of the molecule is C[C@@H]1CCOC(=O)c2ccc(cc2)-c2ccc(cc2)OCCCCCCCCCCCCCCCCCCCCOc2ccc(cc2)-c2ccc(cc2)C(=O)OC1. The molecule has 5 heterocycles. The Bertz CT molecular complexity index is 1700. The molecule has 0 spiro atoms. The highest BCUT2D eigenvalue weighted by atomic mass is 16.5. The summed E-state index contributed by atoms with van der Waals surface area (Å²) >= 11 is 0. The molecular weight excluding hydrogens is 709 g/mol. The van der Waals surface area contributed by atoms with Crippen molar-refractivity contribution in [1.82, 2.24) is 0 Å². The number of fused-ring (bicyclic) bond motifs is 4. The van der Waals surface area contributed by atoms with E-state index in [9.17, 15) is 9.59 Å². The Morgan fingerprint density at radius 1 is 0.333 bits per heavy atom. The van der Waals surface area contributed by atoms with E-state index >= 15 is 0 Å². The zero-order valence-electron chi connectivity index (χ0n) is 34.5. The number of ether oxygens (including phenoxy) is 4. The van der Waals surface area contributed by atoms with E-state index in [4.69, 9.17) is 18.9 Å². The van der Waals surface area contributed by atoms with E-state index in [1.54, 1.807) is 24.3 Å². The van der Waals surface area contributed by atoms with Gasteiger partial charge in [0.1, 0.15) is 11.5 Å². The van der Waals surface area contributed by atoms with Crippen LogP contribution in [-0.4, -0.2) is 38.4 Å². The average Bonchev–Trinajstić information content (AvgIpc) is 3.25. The fraction of sp³-hybridized carbons (Fsp3) is 0.490. The topological polar surface area (TPSA) is 71.1 Å². The molecule has 0 saturated carbocycles. The van der Waals surface area contributed by atoms with Gasteiger partial charge in [-0.1, -0.05) is 158 Å². The zero-order valence-corrected chi connectivity index (χ0v) is 34.5. The van der Waals surface area contributed by atoms with E-state index in [2.05, 4.69) is 24.3 Å². The van der Waals surface area contributed by atoms with Crippen LogP contribution < -0.4 is 9.47 Å². The first-order valence-corrected chi connectivity index (χ1v) is 22.1. The van der Waals surface area contributed by atoms with Gasteiger partial charge in [0, 0.05) is 0 Å². The first-order valence-electron chi connectivity index (χ1n) is 22.1. The van der Waals surface area contributed by atoms with Crippen molar-refractivity contribution in [2.75, 3.05) is 26.4 Å². The third-order valence-corrected chi connectivity index (χ3v) is 11.0. The molecule has 4 aromatic rings. The number of carbonyl (C=O) groups is 2. The standard InChI is InChI=1S/C51H66O6/c1-41-36-39-56-50(52)46-24-20-42(21-25-46)44-28-32-48(33-29-44)54-37-18-16-14-12-10-8-6-4-2-3-5-7-9-11-13-15-17-19-38-55-49-34-30-45(31-35-49)43-22-26-47(27-23-43)51(53)57-40-41/h20-35,41H,2-19,36-40H2,1H3/t41-/m1/s1. The number of esters is 2. The second-order valence-electron chi connectivity index (χ2n) is 15.9. The summed E-state index contributed by atoms with van der Waals surface area (Å²) < 4.78 is 23.2. The predicted molar refractivity (Wildman–Crippen MR) is 232 cm³/mol. The molecule has 306 valence electrons. The second kappa shape index (κ2) is 25.6. The molecule has 0 aromatic heterocycles. The van der Waals surface area contributed by atoms with Gasteiger partial charge in [-0.25, -0.2) is 9.59 Å². The van der Waals surface area contributed by atoms with Gasteiger partial charge in [-0.15, -0.1) is 0 Å². The summed E-state index contributed by atoms with van der Waals surface area (Å²) in [4.78, 5) is 25.5. The number of hydrogen-bond acceptors (Lipinski definition) is 6. The van der Waals surface area contributed by atoms with Gasteiger partial charge in [-0.2, -0.15) is 0 Å². The minimum Gasteiger partial charge on any atom is -0.494 e. The molecule has 0 unspecified atom stereocenters. The summed E-state index contributed by atoms with van der Waals surface area (Å²) in [6, 6.07) is 31.3. The van der Waals surface area contributed by atoms with Crippen molar-refractivity contribution in [3.8, 4) is 33.8 Å². The number of benzene rings is 4. The van der Waals surface area contributed by atoms with Gasteiger partial charge < -0.3 is 18.9 Å². The number of rotatable bonds is 0. The average molecular weight is 775 g/mol. The molecule has 0 fully saturated rings. The zero-order chi connectivity index (χ0) is 39.8. The smallest absolute Gasteiger partial charge is 0.338 e. The molecule has 9 rings (SSSR count). The molecule has 0 aliphatic carbocycles. The Morgan fingerprint density at radius 3 is 0.965 bits per heavy atom. The Kier molecular flexibility index (Phi) is 19.6. The van der Waals surface area contributed by atoms with Crippen molar-refractivity contribution >= 4 is 11.9 Å². The Morgan fingerprint density at radius 2 is 0.614 bits per heavy atom. The van der Waals surface area contributed by atoms with Crippen molar-refractivity contribution in [2.45, 2.75) is 129 Å². The molecule has 0 radical (unpaired) electrons. The molecule has 8 bridgehead atoms. The molecule has 5 aliphatic heterocycles. The van der Waals surface area contributed by atoms with Crippen LogP contribution in [0.15, 0.2) is 97.1 Å². The summed E-state index contributed by atoms with van der Waals surface area (Å²) in [7, 11) is 0. The van der Waals surface area contributed by atoms with Crippen LogP contribution in [0.4, 0.5) is 0 Å². The lowest BCUT2D eigenvalue weighted by Gasteiger charge is -2.13. The monoisotopic (exact) mass is 774 g/mol. The minimum atomic E-state index is -0.362. The highest BCUT2D eigenvalue weighted by Gasteiger charge is 2.13. The van der Waals surface area contributed by atoms with Crippen LogP contribution in [0, 0.1) is 5.92 Å². The van der Waals surface area contributed by atoms with Crippen molar-refractivity contribution in [3.63, 3.8) is 0 Å². The van der Waals surface area contributed by atoms with E-state index in [-0.39, 0.29) is 31.1 Å². The Balaban J connectivity index is 1.06. The van der Waals surface area contributed by atoms with Gasteiger partial charge in [0.25, 0.3) is 0 Å². The third-order valence-electron chi connectivity index (χ3n) is 11.0. The largest absolute Gasteiger partial charge is 0.494 e. The Hall–Kier alpha value is -4.58. The summed E-state index contributed by atoms with van der Waals surface area (Å²) in [6.45, 7) is 3.98. The number of hydrogen-bond donors (Lipinski definition) is 0. The van der Waals surface area contributed by atoms with Crippen molar-refractivity contribution in [1.29, 1.82) is 0 Å². The van der Waals surface area contributed by atoms with Crippen LogP contribution in [0.1, 0.15) is 150 Å². The van der Waals surface area contributed by atoms with Crippen LogP contribution >= 0.6 is 0 Å². The van der Waals surface area contributed by atoms with Crippen LogP contribution in [0.2, 0.25) is 0 Å². The van der Waals surface area contributed by atoms with E-state index < -0.39 is 0 Å². The highest BCUT2D eigenvalue weighted by Crippen LogP contribution is 2.25. The molecule has 0 amide bonds. The van der Waals surface area contributed by atoms with Crippen LogP contribution in [0.5, 0.6) is 11.5 Å². The van der Waals surface area contributed by atoms with Gasteiger partial charge in [0.2, 0.25) is 0 Å². The lowest BCUT2D eigenvalue weighted by molar-refractivity contribution is 0.0367. The quantitative estimate of drug-likeness (QED) is 0.166. The Labute approximate surface area is 342 Å². The maximum absolute atomic E-state index is 12.8. The molecule has 57 heavy (non-hydrogen) atoms. The maximum atomic E-state index is 12.8. The van der Waals surface area contributed by atoms with Gasteiger partial charge >= 0.3 is 11.9 Å². The summed E-state index contributed by atoms with van der Waals surface area (Å²) in [5.41, 5.74) is 5.20. The fourth-order valence-corrected chi connectivity index (χ4v) is 7.32. The highest BCUT2D eigenvalue weighted by molar-refractivity contribution is 5.90. The van der Waals surface area contributed by atoms with Gasteiger partial charge in [0.15, 0.2) is 0 Å². The maximum Gasteiger partial charge on any atom is 0.338 e.